The number of nitrogens with zero attached hydrogens (tertiary/aromatic N) is 2. The number of carbonyl (C=O) groups excluding carboxylic acids is 1. The van der Waals surface area contributed by atoms with Crippen molar-refractivity contribution >= 4 is 23.3 Å². The lowest BCUT2D eigenvalue weighted by Crippen LogP contribution is -2.37. The van der Waals surface area contributed by atoms with E-state index in [0.29, 0.717) is 6.61 Å². The van der Waals surface area contributed by atoms with Gasteiger partial charge >= 0.3 is 0 Å². The van der Waals surface area contributed by atoms with E-state index >= 15 is 0 Å². The van der Waals surface area contributed by atoms with Crippen LogP contribution in [0.1, 0.15) is 34.7 Å². The number of thiophene rings is 1. The molecule has 5 heteroatoms. The standard InChI is InChI=1S/C23H22N2O2S/c1-17-21-12-15-28-22(21)11-14-25(17)23(26)10-7-18-5-8-20(9-6-18)27-16-19-4-2-3-13-24-19/h2-10,12-13,15,17H,11,14,16H2,1H3. The lowest BCUT2D eigenvalue weighted by atomic mass is 10.0. The molecule has 0 saturated carbocycles. The summed E-state index contributed by atoms with van der Waals surface area (Å²) >= 11 is 1.79. The van der Waals surface area contributed by atoms with Gasteiger partial charge in [-0.05, 0) is 66.3 Å². The van der Waals surface area contributed by atoms with Crippen LogP contribution in [0.4, 0.5) is 0 Å². The molecule has 1 atom stereocenters. The van der Waals surface area contributed by atoms with E-state index < -0.39 is 0 Å². The number of hydrogen-bond acceptors (Lipinski definition) is 4. The van der Waals surface area contributed by atoms with Crippen molar-refractivity contribution in [3.05, 3.63) is 87.9 Å². The number of hydrogen-bond donors (Lipinski definition) is 0. The predicted octanol–water partition coefficient (Wildman–Crippen LogP) is 4.88. The minimum Gasteiger partial charge on any atom is -0.487 e. The molecular weight excluding hydrogens is 368 g/mol. The van der Waals surface area contributed by atoms with Gasteiger partial charge in [-0.1, -0.05) is 18.2 Å². The van der Waals surface area contributed by atoms with Crippen LogP contribution in [-0.2, 0) is 17.8 Å². The van der Waals surface area contributed by atoms with Crippen molar-refractivity contribution in [2.75, 3.05) is 6.54 Å². The number of aromatic nitrogens is 1. The molecule has 3 heterocycles. The normalized spacial score (nSPS) is 16.2. The van der Waals surface area contributed by atoms with Crippen molar-refractivity contribution in [3.8, 4) is 5.75 Å². The van der Waals surface area contributed by atoms with Crippen LogP contribution in [0.15, 0.2) is 66.2 Å². The minimum absolute atomic E-state index is 0.0554. The van der Waals surface area contributed by atoms with Crippen molar-refractivity contribution in [1.82, 2.24) is 9.88 Å². The van der Waals surface area contributed by atoms with Crippen LogP contribution in [0, 0.1) is 0 Å². The molecule has 3 aromatic rings. The van der Waals surface area contributed by atoms with Gasteiger partial charge < -0.3 is 9.64 Å². The Hall–Kier alpha value is -2.92. The fourth-order valence-corrected chi connectivity index (χ4v) is 4.35. The third-order valence-electron chi connectivity index (χ3n) is 4.97. The van der Waals surface area contributed by atoms with E-state index in [0.717, 1.165) is 30.0 Å². The maximum Gasteiger partial charge on any atom is 0.247 e. The molecule has 1 unspecified atom stereocenters. The summed E-state index contributed by atoms with van der Waals surface area (Å²) in [5, 5.41) is 2.11. The van der Waals surface area contributed by atoms with Gasteiger partial charge in [0, 0.05) is 23.7 Å². The smallest absolute Gasteiger partial charge is 0.247 e. The third kappa shape index (κ3) is 4.15. The third-order valence-corrected chi connectivity index (χ3v) is 5.97. The molecule has 4 rings (SSSR count). The number of benzene rings is 1. The van der Waals surface area contributed by atoms with Gasteiger partial charge in [0.1, 0.15) is 12.4 Å². The van der Waals surface area contributed by atoms with Gasteiger partial charge in [-0.3, -0.25) is 9.78 Å². The lowest BCUT2D eigenvalue weighted by Gasteiger charge is -2.32. The quantitative estimate of drug-likeness (QED) is 0.583. The fourth-order valence-electron chi connectivity index (χ4n) is 3.39. The number of amides is 1. The molecule has 1 aliphatic rings. The molecule has 28 heavy (non-hydrogen) atoms. The second-order valence-corrected chi connectivity index (χ2v) is 7.77. The van der Waals surface area contributed by atoms with E-state index in [9.17, 15) is 4.79 Å². The summed E-state index contributed by atoms with van der Waals surface area (Å²) in [4.78, 5) is 20.2. The monoisotopic (exact) mass is 390 g/mol. The predicted molar refractivity (Wildman–Crippen MR) is 112 cm³/mol. The highest BCUT2D eigenvalue weighted by Gasteiger charge is 2.26. The SMILES string of the molecule is CC1c2ccsc2CCN1C(=O)C=Cc1ccc(OCc2ccccn2)cc1. The highest BCUT2D eigenvalue weighted by Crippen LogP contribution is 2.32. The van der Waals surface area contributed by atoms with Gasteiger partial charge in [-0.15, -0.1) is 11.3 Å². The largest absolute Gasteiger partial charge is 0.487 e. The Morgan fingerprint density at radius 1 is 1.25 bits per heavy atom. The zero-order chi connectivity index (χ0) is 19.3. The summed E-state index contributed by atoms with van der Waals surface area (Å²) in [6.07, 6.45) is 6.23. The number of pyridine rings is 1. The highest BCUT2D eigenvalue weighted by molar-refractivity contribution is 7.10. The Morgan fingerprint density at radius 3 is 2.89 bits per heavy atom. The molecule has 2 aromatic heterocycles. The van der Waals surface area contributed by atoms with Crippen LogP contribution in [-0.4, -0.2) is 22.3 Å². The Kier molecular flexibility index (Phi) is 5.53. The number of ether oxygens (including phenoxy) is 1. The van der Waals surface area contributed by atoms with E-state index in [1.54, 1.807) is 23.6 Å². The van der Waals surface area contributed by atoms with Crippen LogP contribution in [0.3, 0.4) is 0 Å². The first-order valence-electron chi connectivity index (χ1n) is 9.38. The van der Waals surface area contributed by atoms with Crippen LogP contribution in [0.2, 0.25) is 0 Å². The summed E-state index contributed by atoms with van der Waals surface area (Å²) in [6.45, 7) is 3.31. The van der Waals surface area contributed by atoms with E-state index in [1.807, 2.05) is 53.4 Å². The van der Waals surface area contributed by atoms with Crippen molar-refractivity contribution in [1.29, 1.82) is 0 Å². The average molecular weight is 391 g/mol. The van der Waals surface area contributed by atoms with E-state index in [-0.39, 0.29) is 11.9 Å². The summed E-state index contributed by atoms with van der Waals surface area (Å²) in [5.74, 6) is 0.837. The second kappa shape index (κ2) is 8.40. The van der Waals surface area contributed by atoms with Crippen LogP contribution in [0.25, 0.3) is 6.08 Å². The summed E-state index contributed by atoms with van der Waals surface area (Å²) in [7, 11) is 0. The number of rotatable bonds is 5. The summed E-state index contributed by atoms with van der Waals surface area (Å²) in [6, 6.07) is 15.8. The minimum atomic E-state index is 0.0554. The van der Waals surface area contributed by atoms with Crippen LogP contribution >= 0.6 is 11.3 Å². The van der Waals surface area contributed by atoms with Gasteiger partial charge in [-0.2, -0.15) is 0 Å². The summed E-state index contributed by atoms with van der Waals surface area (Å²) < 4.78 is 5.75. The molecule has 142 valence electrons. The fraction of sp³-hybridized carbons (Fsp3) is 0.217. The van der Waals surface area contributed by atoms with Gasteiger partial charge in [0.2, 0.25) is 5.91 Å². The Bertz CT molecular complexity index is 964. The zero-order valence-electron chi connectivity index (χ0n) is 15.7. The van der Waals surface area contributed by atoms with E-state index in [2.05, 4.69) is 23.4 Å². The molecular formula is C23H22N2O2S. The zero-order valence-corrected chi connectivity index (χ0v) is 16.6. The molecule has 0 spiro atoms. The maximum atomic E-state index is 12.7. The highest BCUT2D eigenvalue weighted by atomic mass is 32.1. The number of carbonyl (C=O) groups is 1. The van der Waals surface area contributed by atoms with E-state index in [4.69, 9.17) is 4.74 Å². The van der Waals surface area contributed by atoms with Gasteiger partial charge in [-0.25, -0.2) is 0 Å². The maximum absolute atomic E-state index is 12.7. The molecule has 1 aromatic carbocycles. The Balaban J connectivity index is 1.35. The second-order valence-electron chi connectivity index (χ2n) is 6.77. The molecule has 0 radical (unpaired) electrons. The topological polar surface area (TPSA) is 42.4 Å². The first-order chi connectivity index (χ1) is 13.7. The molecule has 0 fully saturated rings. The van der Waals surface area contributed by atoms with Crippen molar-refractivity contribution in [2.24, 2.45) is 0 Å². The molecule has 0 bridgehead atoms. The van der Waals surface area contributed by atoms with Crippen LogP contribution < -0.4 is 4.74 Å². The molecule has 4 nitrogen and oxygen atoms in total. The number of fused-ring (bicyclic) bond motifs is 1. The van der Waals surface area contributed by atoms with Gasteiger partial charge in [0.15, 0.2) is 0 Å². The van der Waals surface area contributed by atoms with E-state index in [1.165, 1.54) is 10.4 Å². The van der Waals surface area contributed by atoms with Crippen molar-refractivity contribution < 1.29 is 9.53 Å². The Morgan fingerprint density at radius 2 is 2.11 bits per heavy atom. The first-order valence-corrected chi connectivity index (χ1v) is 10.3. The molecule has 1 aliphatic heterocycles. The van der Waals surface area contributed by atoms with Crippen LogP contribution in [0.5, 0.6) is 5.75 Å². The molecule has 0 aliphatic carbocycles. The molecule has 0 N–H and O–H groups in total. The lowest BCUT2D eigenvalue weighted by molar-refractivity contribution is -0.128. The van der Waals surface area contributed by atoms with Crippen molar-refractivity contribution in [3.63, 3.8) is 0 Å². The Labute approximate surface area is 169 Å². The first kappa shape index (κ1) is 18.4. The average Bonchev–Trinajstić information content (AvgIpc) is 3.22. The van der Waals surface area contributed by atoms with Crippen molar-refractivity contribution in [2.45, 2.75) is 26.0 Å². The summed E-state index contributed by atoms with van der Waals surface area (Å²) in [5.41, 5.74) is 3.15. The van der Waals surface area contributed by atoms with Gasteiger partial charge in [0.05, 0.1) is 11.7 Å². The molecule has 0 saturated heterocycles. The molecule has 1 amide bonds. The van der Waals surface area contributed by atoms with Gasteiger partial charge in [0.25, 0.3) is 0 Å².